The van der Waals surface area contributed by atoms with E-state index >= 15 is 0 Å². The molecule has 2 rings (SSSR count). The number of aryl methyl sites for hydroxylation is 1. The quantitative estimate of drug-likeness (QED) is 0.663. The highest BCUT2D eigenvalue weighted by Crippen LogP contribution is 2.21. The Morgan fingerprint density at radius 3 is 2.70 bits per heavy atom. The minimum absolute atomic E-state index is 0.0736. The maximum absolute atomic E-state index is 12.1. The number of nitrogens with one attached hydrogen (secondary N) is 2. The van der Waals surface area contributed by atoms with Gasteiger partial charge in [0.25, 0.3) is 5.91 Å². The van der Waals surface area contributed by atoms with Crippen LogP contribution in [-0.2, 0) is 9.59 Å². The number of ether oxygens (including phenoxy) is 1. The van der Waals surface area contributed by atoms with Crippen LogP contribution in [0.1, 0.15) is 37.3 Å². The van der Waals surface area contributed by atoms with Gasteiger partial charge in [0, 0.05) is 5.92 Å². The molecule has 0 spiro atoms. The molecule has 2 N–H and O–H groups in total. The van der Waals surface area contributed by atoms with Gasteiger partial charge in [-0.3, -0.25) is 20.4 Å². The Labute approximate surface area is 137 Å². The third-order valence-corrected chi connectivity index (χ3v) is 4.18. The Balaban J connectivity index is 1.84. The van der Waals surface area contributed by atoms with Gasteiger partial charge in [-0.05, 0) is 57.2 Å². The van der Waals surface area contributed by atoms with Crippen molar-refractivity contribution in [3.8, 4) is 5.75 Å². The van der Waals surface area contributed by atoms with Crippen LogP contribution in [0.5, 0.6) is 5.75 Å². The molecule has 0 aliphatic heterocycles. The molecule has 0 aromatic heterocycles. The molecule has 1 aromatic carbocycles. The van der Waals surface area contributed by atoms with Crippen molar-refractivity contribution in [3.63, 3.8) is 0 Å². The van der Waals surface area contributed by atoms with Crippen molar-refractivity contribution in [2.75, 3.05) is 0 Å². The molecule has 0 saturated heterocycles. The zero-order valence-corrected chi connectivity index (χ0v) is 13.9. The number of rotatable bonds is 4. The Morgan fingerprint density at radius 2 is 2.00 bits per heavy atom. The maximum Gasteiger partial charge on any atom is 0.279 e. The first-order valence-electron chi connectivity index (χ1n) is 7.96. The van der Waals surface area contributed by atoms with Crippen molar-refractivity contribution in [1.29, 1.82) is 0 Å². The zero-order chi connectivity index (χ0) is 16.8. The van der Waals surface area contributed by atoms with Crippen LogP contribution < -0.4 is 15.6 Å². The van der Waals surface area contributed by atoms with Gasteiger partial charge in [-0.15, -0.1) is 0 Å². The molecule has 5 heteroatoms. The van der Waals surface area contributed by atoms with E-state index in [0.717, 1.165) is 30.4 Å². The molecule has 5 nitrogen and oxygen atoms in total. The van der Waals surface area contributed by atoms with Gasteiger partial charge >= 0.3 is 0 Å². The Hall–Kier alpha value is -2.30. The monoisotopic (exact) mass is 316 g/mol. The fourth-order valence-corrected chi connectivity index (χ4v) is 2.45. The minimum Gasteiger partial charge on any atom is -0.481 e. The molecular formula is C18H24N2O3. The SMILES string of the molecule is Cc1cccc(OC(C)C(=O)NNC(=O)C2CC=CCC2)c1C. The molecule has 1 aliphatic carbocycles. The third-order valence-electron chi connectivity index (χ3n) is 4.18. The lowest BCUT2D eigenvalue weighted by Gasteiger charge is -2.20. The highest BCUT2D eigenvalue weighted by atomic mass is 16.5. The van der Waals surface area contributed by atoms with Crippen molar-refractivity contribution in [2.45, 2.75) is 46.1 Å². The summed E-state index contributed by atoms with van der Waals surface area (Å²) in [5.74, 6) is 0.0826. The van der Waals surface area contributed by atoms with Gasteiger partial charge in [0.2, 0.25) is 5.91 Å². The molecule has 124 valence electrons. The zero-order valence-electron chi connectivity index (χ0n) is 13.9. The average molecular weight is 316 g/mol. The van der Waals surface area contributed by atoms with Crippen molar-refractivity contribution in [2.24, 2.45) is 5.92 Å². The summed E-state index contributed by atoms with van der Waals surface area (Å²) < 4.78 is 5.69. The van der Waals surface area contributed by atoms with Crippen LogP contribution in [0.4, 0.5) is 0 Å². The summed E-state index contributed by atoms with van der Waals surface area (Å²) in [7, 11) is 0. The first kappa shape index (κ1) is 17.1. The maximum atomic E-state index is 12.1. The average Bonchev–Trinajstić information content (AvgIpc) is 2.57. The number of carbonyl (C=O) groups excluding carboxylic acids is 2. The smallest absolute Gasteiger partial charge is 0.279 e. The van der Waals surface area contributed by atoms with E-state index < -0.39 is 6.10 Å². The van der Waals surface area contributed by atoms with Gasteiger partial charge < -0.3 is 4.74 Å². The van der Waals surface area contributed by atoms with Crippen LogP contribution in [0.3, 0.4) is 0 Å². The number of hydrogen-bond donors (Lipinski definition) is 2. The summed E-state index contributed by atoms with van der Waals surface area (Å²) in [5, 5.41) is 0. The third kappa shape index (κ3) is 4.58. The van der Waals surface area contributed by atoms with Gasteiger partial charge in [-0.25, -0.2) is 0 Å². The standard InChI is InChI=1S/C18H24N2O3/c1-12-8-7-11-16(13(12)2)23-14(3)17(21)19-20-18(22)15-9-5-4-6-10-15/h4-5,7-8,11,14-15H,6,9-10H2,1-3H3,(H,19,21)(H,20,22). The van der Waals surface area contributed by atoms with Crippen molar-refractivity contribution >= 4 is 11.8 Å². The van der Waals surface area contributed by atoms with Crippen LogP contribution in [-0.4, -0.2) is 17.9 Å². The van der Waals surface area contributed by atoms with E-state index in [1.54, 1.807) is 6.92 Å². The Morgan fingerprint density at radius 1 is 1.22 bits per heavy atom. The lowest BCUT2D eigenvalue weighted by atomic mass is 9.94. The number of hydrogen-bond acceptors (Lipinski definition) is 3. The fourth-order valence-electron chi connectivity index (χ4n) is 2.45. The molecule has 0 heterocycles. The number of carbonyl (C=O) groups is 2. The van der Waals surface area contributed by atoms with Gasteiger partial charge in [-0.2, -0.15) is 0 Å². The van der Waals surface area contributed by atoms with Crippen LogP contribution >= 0.6 is 0 Å². The summed E-state index contributed by atoms with van der Waals surface area (Å²) in [4.78, 5) is 24.0. The second-order valence-corrected chi connectivity index (χ2v) is 5.92. The van der Waals surface area contributed by atoms with Crippen molar-refractivity contribution < 1.29 is 14.3 Å². The fraction of sp³-hybridized carbons (Fsp3) is 0.444. The molecule has 0 fully saturated rings. The number of allylic oxidation sites excluding steroid dienone is 2. The van der Waals surface area contributed by atoms with Crippen molar-refractivity contribution in [3.05, 3.63) is 41.5 Å². The Kier molecular flexibility index (Phi) is 5.79. The summed E-state index contributed by atoms with van der Waals surface area (Å²) in [5.41, 5.74) is 7.05. The van der Waals surface area contributed by atoms with Crippen molar-refractivity contribution in [1.82, 2.24) is 10.9 Å². The predicted octanol–water partition coefficient (Wildman–Crippen LogP) is 2.57. The molecule has 23 heavy (non-hydrogen) atoms. The summed E-state index contributed by atoms with van der Waals surface area (Å²) in [6.45, 7) is 5.60. The summed E-state index contributed by atoms with van der Waals surface area (Å²) >= 11 is 0. The van der Waals surface area contributed by atoms with Gasteiger partial charge in [0.1, 0.15) is 5.75 Å². The molecule has 2 unspecified atom stereocenters. The topological polar surface area (TPSA) is 67.4 Å². The Bertz CT molecular complexity index is 610. The molecule has 0 bridgehead atoms. The molecule has 0 radical (unpaired) electrons. The van der Waals surface area contributed by atoms with Crippen LogP contribution in [0.25, 0.3) is 0 Å². The molecule has 0 saturated carbocycles. The highest BCUT2D eigenvalue weighted by Gasteiger charge is 2.21. The largest absolute Gasteiger partial charge is 0.481 e. The number of hydrazine groups is 1. The predicted molar refractivity (Wildman–Crippen MR) is 88.8 cm³/mol. The second kappa shape index (κ2) is 7.81. The van der Waals surface area contributed by atoms with E-state index in [4.69, 9.17) is 4.74 Å². The second-order valence-electron chi connectivity index (χ2n) is 5.92. The first-order chi connectivity index (χ1) is 11.0. The lowest BCUT2D eigenvalue weighted by Crippen LogP contribution is -2.49. The number of benzene rings is 1. The molecule has 2 atom stereocenters. The van der Waals surface area contributed by atoms with E-state index in [0.29, 0.717) is 5.75 Å². The van der Waals surface area contributed by atoms with Gasteiger partial charge in [0.05, 0.1) is 0 Å². The first-order valence-corrected chi connectivity index (χ1v) is 7.96. The van der Waals surface area contributed by atoms with Crippen LogP contribution in [0.2, 0.25) is 0 Å². The molecule has 2 amide bonds. The van der Waals surface area contributed by atoms with E-state index in [1.165, 1.54) is 0 Å². The van der Waals surface area contributed by atoms with Gasteiger partial charge in [-0.1, -0.05) is 24.3 Å². The van der Waals surface area contributed by atoms with Crippen LogP contribution in [0, 0.1) is 19.8 Å². The van der Waals surface area contributed by atoms with E-state index in [9.17, 15) is 9.59 Å². The number of amides is 2. The molecule has 1 aromatic rings. The van der Waals surface area contributed by atoms with E-state index in [2.05, 4.69) is 16.9 Å². The summed E-state index contributed by atoms with van der Waals surface area (Å²) in [6.07, 6.45) is 5.81. The molecular weight excluding hydrogens is 292 g/mol. The normalized spacial score (nSPS) is 18.1. The van der Waals surface area contributed by atoms with E-state index in [1.807, 2.05) is 38.1 Å². The van der Waals surface area contributed by atoms with E-state index in [-0.39, 0.29) is 17.7 Å². The molecule has 1 aliphatic rings. The van der Waals surface area contributed by atoms with Crippen LogP contribution in [0.15, 0.2) is 30.4 Å². The summed E-state index contributed by atoms with van der Waals surface area (Å²) in [6, 6.07) is 5.71. The minimum atomic E-state index is -0.693. The lowest BCUT2D eigenvalue weighted by molar-refractivity contribution is -0.134. The highest BCUT2D eigenvalue weighted by molar-refractivity contribution is 5.85. The van der Waals surface area contributed by atoms with Gasteiger partial charge in [0.15, 0.2) is 6.10 Å².